The molecule has 2 heterocycles. The number of rotatable bonds is 7. The second-order valence-corrected chi connectivity index (χ2v) is 8.00. The summed E-state index contributed by atoms with van der Waals surface area (Å²) in [6, 6.07) is 16.2. The van der Waals surface area contributed by atoms with Gasteiger partial charge < -0.3 is 20.3 Å². The highest BCUT2D eigenvalue weighted by Crippen LogP contribution is 2.44. The van der Waals surface area contributed by atoms with Crippen LogP contribution >= 0.6 is 0 Å². The Hall–Kier alpha value is -4.08. The lowest BCUT2D eigenvalue weighted by Crippen LogP contribution is -2.36. The summed E-state index contributed by atoms with van der Waals surface area (Å²) in [6.45, 7) is -0.0246. The van der Waals surface area contributed by atoms with Crippen molar-refractivity contribution in [2.24, 2.45) is 0 Å². The molecule has 1 aliphatic rings. The molecule has 4 aromatic rings. The predicted octanol–water partition coefficient (Wildman–Crippen LogP) is 2.60. The van der Waals surface area contributed by atoms with Gasteiger partial charge in [0.25, 0.3) is 0 Å². The minimum absolute atomic E-state index is 0.0557. The maximum absolute atomic E-state index is 12.3. The molecule has 2 aromatic heterocycles. The van der Waals surface area contributed by atoms with Crippen LogP contribution in [0.25, 0.3) is 17.1 Å². The number of ether oxygens (including phenoxy) is 1. The number of alkyl carbamates (subject to hydrolysis) is 1. The molecule has 0 aliphatic heterocycles. The van der Waals surface area contributed by atoms with Gasteiger partial charge in [0.15, 0.2) is 0 Å². The van der Waals surface area contributed by atoms with Crippen LogP contribution in [-0.4, -0.2) is 55.1 Å². The molecule has 2 atom stereocenters. The van der Waals surface area contributed by atoms with Gasteiger partial charge in [-0.3, -0.25) is 4.57 Å². The standard InChI is InChI=1S/C25H23N5O4/c31-22(23(32)16-11-27-24(28-12-16)30-10-9-26-15-30)13-29-25(33)34-14-21-19-7-3-1-5-17(19)18-6-2-4-8-20(18)21/h1-12,15,21-23,31-32H,13-14H2,(H,29,33). The van der Waals surface area contributed by atoms with Gasteiger partial charge in [-0.1, -0.05) is 48.5 Å². The molecule has 1 aliphatic carbocycles. The molecular weight excluding hydrogens is 434 g/mol. The van der Waals surface area contributed by atoms with Crippen LogP contribution in [0.2, 0.25) is 0 Å². The van der Waals surface area contributed by atoms with Gasteiger partial charge in [0.05, 0.1) is 0 Å². The van der Waals surface area contributed by atoms with Crippen LogP contribution in [0.3, 0.4) is 0 Å². The molecular formula is C25H23N5O4. The monoisotopic (exact) mass is 457 g/mol. The molecule has 34 heavy (non-hydrogen) atoms. The van der Waals surface area contributed by atoms with Crippen molar-refractivity contribution >= 4 is 6.09 Å². The average molecular weight is 457 g/mol. The largest absolute Gasteiger partial charge is 0.449 e. The van der Waals surface area contributed by atoms with Crippen LogP contribution < -0.4 is 5.32 Å². The molecule has 0 spiro atoms. The van der Waals surface area contributed by atoms with Gasteiger partial charge in [0.2, 0.25) is 5.95 Å². The Labute approximate surface area is 195 Å². The van der Waals surface area contributed by atoms with E-state index in [1.807, 2.05) is 36.4 Å². The van der Waals surface area contributed by atoms with Gasteiger partial charge in [-0.2, -0.15) is 0 Å². The molecule has 0 radical (unpaired) electrons. The van der Waals surface area contributed by atoms with E-state index >= 15 is 0 Å². The van der Waals surface area contributed by atoms with E-state index in [1.54, 1.807) is 23.3 Å². The third-order valence-electron chi connectivity index (χ3n) is 5.90. The maximum atomic E-state index is 12.3. The van der Waals surface area contributed by atoms with Crippen molar-refractivity contribution in [2.75, 3.05) is 13.2 Å². The third-order valence-corrected chi connectivity index (χ3v) is 5.90. The summed E-state index contributed by atoms with van der Waals surface area (Å²) in [5.41, 5.74) is 4.85. The summed E-state index contributed by atoms with van der Waals surface area (Å²) in [7, 11) is 0. The smallest absolute Gasteiger partial charge is 0.407 e. The Morgan fingerprint density at radius 3 is 2.29 bits per heavy atom. The lowest BCUT2D eigenvalue weighted by molar-refractivity contribution is 0.0181. The summed E-state index contributed by atoms with van der Waals surface area (Å²) < 4.78 is 7.07. The number of carbonyl (C=O) groups is 1. The molecule has 9 nitrogen and oxygen atoms in total. The van der Waals surface area contributed by atoms with Crippen molar-refractivity contribution in [3.05, 3.63) is 96.3 Å². The van der Waals surface area contributed by atoms with Crippen LogP contribution in [-0.2, 0) is 4.74 Å². The molecule has 172 valence electrons. The first kappa shape index (κ1) is 21.7. The second kappa shape index (κ2) is 9.42. The minimum atomic E-state index is -1.27. The van der Waals surface area contributed by atoms with E-state index in [9.17, 15) is 15.0 Å². The SMILES string of the molecule is O=C(NCC(O)C(O)c1cnc(-n2ccnc2)nc1)OCC1c2ccccc2-c2ccccc21. The molecule has 9 heteroatoms. The number of hydrogen-bond acceptors (Lipinski definition) is 7. The van der Waals surface area contributed by atoms with Crippen molar-refractivity contribution in [3.8, 4) is 17.1 Å². The highest BCUT2D eigenvalue weighted by atomic mass is 16.5. The summed E-state index contributed by atoms with van der Waals surface area (Å²) in [4.78, 5) is 24.6. The van der Waals surface area contributed by atoms with E-state index < -0.39 is 18.3 Å². The minimum Gasteiger partial charge on any atom is -0.449 e. The number of fused-ring (bicyclic) bond motifs is 3. The first-order valence-corrected chi connectivity index (χ1v) is 10.9. The Balaban J connectivity index is 1.15. The first-order valence-electron chi connectivity index (χ1n) is 10.9. The number of hydrogen-bond donors (Lipinski definition) is 3. The molecule has 0 fully saturated rings. The predicted molar refractivity (Wildman–Crippen MR) is 123 cm³/mol. The van der Waals surface area contributed by atoms with Crippen LogP contribution in [0.1, 0.15) is 28.7 Å². The van der Waals surface area contributed by atoms with E-state index in [0.29, 0.717) is 11.5 Å². The topological polar surface area (TPSA) is 122 Å². The van der Waals surface area contributed by atoms with Gasteiger partial charge in [-0.15, -0.1) is 0 Å². The molecule has 0 bridgehead atoms. The fourth-order valence-electron chi connectivity index (χ4n) is 4.17. The molecule has 5 rings (SSSR count). The lowest BCUT2D eigenvalue weighted by atomic mass is 9.98. The third kappa shape index (κ3) is 4.26. The summed E-state index contributed by atoms with van der Waals surface area (Å²) in [5.74, 6) is 0.333. The summed E-state index contributed by atoms with van der Waals surface area (Å²) >= 11 is 0. The number of aliphatic hydroxyl groups is 2. The zero-order chi connectivity index (χ0) is 23.5. The van der Waals surface area contributed by atoms with Crippen molar-refractivity contribution < 1.29 is 19.7 Å². The fourth-order valence-corrected chi connectivity index (χ4v) is 4.17. The zero-order valence-electron chi connectivity index (χ0n) is 18.2. The lowest BCUT2D eigenvalue weighted by Gasteiger charge is -2.19. The fraction of sp³-hybridized carbons (Fsp3) is 0.200. The highest BCUT2D eigenvalue weighted by Gasteiger charge is 2.29. The van der Waals surface area contributed by atoms with Crippen molar-refractivity contribution in [3.63, 3.8) is 0 Å². The number of carbonyl (C=O) groups excluding carboxylic acids is 1. The van der Waals surface area contributed by atoms with Gasteiger partial charge in [-0.25, -0.2) is 19.7 Å². The molecule has 1 amide bonds. The zero-order valence-corrected chi connectivity index (χ0v) is 18.2. The molecule has 3 N–H and O–H groups in total. The quantitative estimate of drug-likeness (QED) is 0.390. The van der Waals surface area contributed by atoms with E-state index in [1.165, 1.54) is 12.4 Å². The van der Waals surface area contributed by atoms with E-state index in [-0.39, 0.29) is 19.1 Å². The summed E-state index contributed by atoms with van der Waals surface area (Å²) in [6.07, 6.45) is 4.49. The van der Waals surface area contributed by atoms with Crippen LogP contribution in [0.5, 0.6) is 0 Å². The van der Waals surface area contributed by atoms with Crippen molar-refractivity contribution in [1.29, 1.82) is 0 Å². The van der Waals surface area contributed by atoms with Crippen LogP contribution in [0, 0.1) is 0 Å². The number of imidazole rings is 1. The Bertz CT molecular complexity index is 1230. The van der Waals surface area contributed by atoms with Crippen LogP contribution in [0.15, 0.2) is 79.6 Å². The number of aromatic nitrogens is 4. The molecule has 2 aromatic carbocycles. The van der Waals surface area contributed by atoms with E-state index in [0.717, 1.165) is 22.3 Å². The average Bonchev–Trinajstić information content (AvgIpc) is 3.53. The van der Waals surface area contributed by atoms with Gasteiger partial charge >= 0.3 is 6.09 Å². The number of aliphatic hydroxyl groups excluding tert-OH is 2. The van der Waals surface area contributed by atoms with E-state index in [4.69, 9.17) is 4.74 Å². The van der Waals surface area contributed by atoms with Gasteiger partial charge in [0, 0.05) is 42.8 Å². The van der Waals surface area contributed by atoms with E-state index in [2.05, 4.69) is 32.4 Å². The number of benzene rings is 2. The summed E-state index contributed by atoms with van der Waals surface area (Å²) in [5, 5.41) is 23.2. The van der Waals surface area contributed by atoms with Gasteiger partial charge in [-0.05, 0) is 22.3 Å². The molecule has 0 saturated carbocycles. The number of nitrogens with one attached hydrogen (secondary N) is 1. The normalized spacial score (nSPS) is 14.2. The number of amides is 1. The Morgan fingerprint density at radius 2 is 1.68 bits per heavy atom. The number of nitrogens with zero attached hydrogens (tertiary/aromatic N) is 4. The molecule has 2 unspecified atom stereocenters. The highest BCUT2D eigenvalue weighted by molar-refractivity contribution is 5.79. The Kier molecular flexibility index (Phi) is 6.03. The van der Waals surface area contributed by atoms with Crippen molar-refractivity contribution in [1.82, 2.24) is 24.8 Å². The molecule has 0 saturated heterocycles. The van der Waals surface area contributed by atoms with Crippen molar-refractivity contribution in [2.45, 2.75) is 18.1 Å². The first-order chi connectivity index (χ1) is 16.6. The van der Waals surface area contributed by atoms with Crippen LogP contribution in [0.4, 0.5) is 4.79 Å². The maximum Gasteiger partial charge on any atom is 0.407 e. The Morgan fingerprint density at radius 1 is 1.03 bits per heavy atom. The second-order valence-electron chi connectivity index (χ2n) is 8.00. The van der Waals surface area contributed by atoms with Gasteiger partial charge in [0.1, 0.15) is 25.1 Å².